The second kappa shape index (κ2) is 7.48. The molecule has 2 unspecified atom stereocenters. The molecule has 1 amide bonds. The van der Waals surface area contributed by atoms with Crippen molar-refractivity contribution in [1.29, 1.82) is 0 Å². The maximum absolute atomic E-state index is 12.3. The van der Waals surface area contributed by atoms with E-state index in [4.69, 9.17) is 0 Å². The fraction of sp³-hybridized carbons (Fsp3) is 0.611. The molecule has 0 bridgehead atoms. The zero-order chi connectivity index (χ0) is 15.2. The zero-order valence-corrected chi connectivity index (χ0v) is 13.5. The monoisotopic (exact) mass is 288 g/mol. The van der Waals surface area contributed by atoms with Crippen molar-refractivity contribution in [1.82, 2.24) is 5.32 Å². The highest BCUT2D eigenvalue weighted by Crippen LogP contribution is 2.30. The number of amides is 1. The minimum atomic E-state index is 0.0549. The number of nitrogens with one attached hydrogen (secondary N) is 2. The van der Waals surface area contributed by atoms with Crippen molar-refractivity contribution in [3.8, 4) is 0 Å². The van der Waals surface area contributed by atoms with Crippen LogP contribution in [0.4, 0.5) is 5.69 Å². The van der Waals surface area contributed by atoms with Gasteiger partial charge in [-0.25, -0.2) is 0 Å². The average Bonchev–Trinajstić information content (AvgIpc) is 2.88. The highest BCUT2D eigenvalue weighted by molar-refractivity contribution is 5.94. The van der Waals surface area contributed by atoms with Gasteiger partial charge in [-0.05, 0) is 55.4 Å². The fourth-order valence-electron chi connectivity index (χ4n) is 3.11. The average molecular weight is 288 g/mol. The number of carbonyl (C=O) groups excluding carboxylic acids is 1. The van der Waals surface area contributed by atoms with Gasteiger partial charge in [-0.15, -0.1) is 0 Å². The third-order valence-electron chi connectivity index (χ3n) is 4.62. The summed E-state index contributed by atoms with van der Waals surface area (Å²) in [5.41, 5.74) is 3.02. The van der Waals surface area contributed by atoms with Gasteiger partial charge in [0.2, 0.25) is 0 Å². The van der Waals surface area contributed by atoms with Crippen molar-refractivity contribution in [3.05, 3.63) is 29.3 Å². The van der Waals surface area contributed by atoms with Gasteiger partial charge >= 0.3 is 0 Å². The Bertz CT molecular complexity index is 484. The Morgan fingerprint density at radius 2 is 2.14 bits per heavy atom. The van der Waals surface area contributed by atoms with Crippen molar-refractivity contribution in [2.45, 2.75) is 46.5 Å². The van der Waals surface area contributed by atoms with Crippen LogP contribution in [-0.2, 0) is 0 Å². The number of hydrogen-bond acceptors (Lipinski definition) is 2. The van der Waals surface area contributed by atoms with Gasteiger partial charge in [-0.2, -0.15) is 0 Å². The van der Waals surface area contributed by atoms with Gasteiger partial charge in [0.25, 0.3) is 5.91 Å². The highest BCUT2D eigenvalue weighted by Gasteiger charge is 2.23. The van der Waals surface area contributed by atoms with E-state index in [-0.39, 0.29) is 5.91 Å². The van der Waals surface area contributed by atoms with E-state index in [0.29, 0.717) is 5.92 Å². The zero-order valence-electron chi connectivity index (χ0n) is 13.5. The van der Waals surface area contributed by atoms with E-state index in [1.807, 2.05) is 25.1 Å². The molecule has 2 N–H and O–H groups in total. The maximum Gasteiger partial charge on any atom is 0.251 e. The van der Waals surface area contributed by atoms with Crippen molar-refractivity contribution in [3.63, 3.8) is 0 Å². The molecule has 2 rings (SSSR count). The quantitative estimate of drug-likeness (QED) is 0.831. The standard InChI is InChI=1S/C18H28N2O/c1-4-10-19-17-9-8-15(11-14(17)3)18(21)20-12-16-7-5-6-13(16)2/h8-9,11,13,16,19H,4-7,10,12H2,1-3H3,(H,20,21). The van der Waals surface area contributed by atoms with Crippen LogP contribution in [0, 0.1) is 18.8 Å². The number of rotatable bonds is 6. The van der Waals surface area contributed by atoms with Gasteiger partial charge in [0.05, 0.1) is 0 Å². The topological polar surface area (TPSA) is 41.1 Å². The van der Waals surface area contributed by atoms with E-state index in [9.17, 15) is 4.79 Å². The molecular weight excluding hydrogens is 260 g/mol. The van der Waals surface area contributed by atoms with Gasteiger partial charge in [0, 0.05) is 24.3 Å². The minimum absolute atomic E-state index is 0.0549. The number of anilines is 1. The molecule has 1 fully saturated rings. The van der Waals surface area contributed by atoms with Crippen LogP contribution in [0.1, 0.15) is 55.5 Å². The first-order valence-electron chi connectivity index (χ1n) is 8.24. The third-order valence-corrected chi connectivity index (χ3v) is 4.62. The predicted octanol–water partition coefficient (Wildman–Crippen LogP) is 3.98. The van der Waals surface area contributed by atoms with Crippen LogP contribution in [0.15, 0.2) is 18.2 Å². The predicted molar refractivity (Wildman–Crippen MR) is 88.8 cm³/mol. The largest absolute Gasteiger partial charge is 0.385 e. The van der Waals surface area contributed by atoms with Crippen LogP contribution < -0.4 is 10.6 Å². The summed E-state index contributed by atoms with van der Waals surface area (Å²) in [6.07, 6.45) is 4.96. The summed E-state index contributed by atoms with van der Waals surface area (Å²) in [5.74, 6) is 1.45. The summed E-state index contributed by atoms with van der Waals surface area (Å²) in [6, 6.07) is 5.90. The summed E-state index contributed by atoms with van der Waals surface area (Å²) in [7, 11) is 0. The summed E-state index contributed by atoms with van der Waals surface area (Å²) < 4.78 is 0. The Morgan fingerprint density at radius 3 is 2.76 bits per heavy atom. The maximum atomic E-state index is 12.3. The Morgan fingerprint density at radius 1 is 1.33 bits per heavy atom. The number of hydrogen-bond donors (Lipinski definition) is 2. The van der Waals surface area contributed by atoms with Gasteiger partial charge in [0.15, 0.2) is 0 Å². The van der Waals surface area contributed by atoms with Crippen LogP contribution in [0.3, 0.4) is 0 Å². The molecule has 0 aromatic heterocycles. The number of aryl methyl sites for hydroxylation is 1. The molecular formula is C18H28N2O. The molecule has 0 heterocycles. The van der Waals surface area contributed by atoms with Crippen LogP contribution in [0.25, 0.3) is 0 Å². The van der Waals surface area contributed by atoms with E-state index in [0.717, 1.165) is 42.2 Å². The molecule has 3 nitrogen and oxygen atoms in total. The lowest BCUT2D eigenvalue weighted by molar-refractivity contribution is 0.0944. The summed E-state index contributed by atoms with van der Waals surface area (Å²) in [5, 5.41) is 6.48. The van der Waals surface area contributed by atoms with Gasteiger partial charge in [-0.3, -0.25) is 4.79 Å². The van der Waals surface area contributed by atoms with E-state index in [2.05, 4.69) is 24.5 Å². The van der Waals surface area contributed by atoms with E-state index in [1.165, 1.54) is 19.3 Å². The number of carbonyl (C=O) groups is 1. The van der Waals surface area contributed by atoms with Crippen molar-refractivity contribution in [2.24, 2.45) is 11.8 Å². The Balaban J connectivity index is 1.91. The lowest BCUT2D eigenvalue weighted by Gasteiger charge is -2.16. The van der Waals surface area contributed by atoms with E-state index < -0.39 is 0 Å². The molecule has 2 atom stereocenters. The first-order chi connectivity index (χ1) is 10.1. The Labute approximate surface area is 128 Å². The Hall–Kier alpha value is -1.51. The lowest BCUT2D eigenvalue weighted by atomic mass is 9.98. The number of benzene rings is 1. The molecule has 21 heavy (non-hydrogen) atoms. The van der Waals surface area contributed by atoms with Gasteiger partial charge in [-0.1, -0.05) is 26.7 Å². The van der Waals surface area contributed by atoms with Crippen molar-refractivity contribution < 1.29 is 4.79 Å². The minimum Gasteiger partial charge on any atom is -0.385 e. The molecule has 1 saturated carbocycles. The molecule has 0 spiro atoms. The van der Waals surface area contributed by atoms with Crippen molar-refractivity contribution >= 4 is 11.6 Å². The molecule has 1 aromatic carbocycles. The van der Waals surface area contributed by atoms with Crippen LogP contribution in [0.2, 0.25) is 0 Å². The molecule has 1 aliphatic carbocycles. The smallest absolute Gasteiger partial charge is 0.251 e. The molecule has 0 aliphatic heterocycles. The summed E-state index contributed by atoms with van der Waals surface area (Å²) in [6.45, 7) is 8.27. The van der Waals surface area contributed by atoms with Crippen LogP contribution in [-0.4, -0.2) is 19.0 Å². The first kappa shape index (κ1) is 15.9. The Kier molecular flexibility index (Phi) is 5.66. The second-order valence-electron chi connectivity index (χ2n) is 6.33. The molecule has 0 radical (unpaired) electrons. The highest BCUT2D eigenvalue weighted by atomic mass is 16.1. The molecule has 116 valence electrons. The van der Waals surface area contributed by atoms with Crippen molar-refractivity contribution in [2.75, 3.05) is 18.4 Å². The van der Waals surface area contributed by atoms with E-state index in [1.54, 1.807) is 0 Å². The molecule has 1 aromatic rings. The third kappa shape index (κ3) is 4.23. The second-order valence-corrected chi connectivity index (χ2v) is 6.33. The SMILES string of the molecule is CCCNc1ccc(C(=O)NCC2CCCC2C)cc1C. The lowest BCUT2D eigenvalue weighted by Crippen LogP contribution is -2.30. The first-order valence-corrected chi connectivity index (χ1v) is 8.24. The van der Waals surface area contributed by atoms with Crippen LogP contribution >= 0.6 is 0 Å². The summed E-state index contributed by atoms with van der Waals surface area (Å²) in [4.78, 5) is 12.3. The van der Waals surface area contributed by atoms with Gasteiger partial charge in [0.1, 0.15) is 0 Å². The molecule has 0 saturated heterocycles. The fourth-order valence-corrected chi connectivity index (χ4v) is 3.11. The van der Waals surface area contributed by atoms with Crippen LogP contribution in [0.5, 0.6) is 0 Å². The molecule has 3 heteroatoms. The normalized spacial score (nSPS) is 21.3. The molecule has 1 aliphatic rings. The van der Waals surface area contributed by atoms with Gasteiger partial charge < -0.3 is 10.6 Å². The summed E-state index contributed by atoms with van der Waals surface area (Å²) >= 11 is 0. The van der Waals surface area contributed by atoms with E-state index >= 15 is 0 Å².